The SMILES string of the molecule is CCCN(c1nc(NCC)nc(-n2cccn2)n1)C1CC1. The van der Waals surface area contributed by atoms with Crippen LogP contribution in [-0.4, -0.2) is 43.9 Å². The van der Waals surface area contributed by atoms with Crippen LogP contribution in [0.25, 0.3) is 5.95 Å². The maximum atomic E-state index is 4.60. The monoisotopic (exact) mass is 287 g/mol. The highest BCUT2D eigenvalue weighted by Crippen LogP contribution is 2.30. The average Bonchev–Trinajstić information content (AvgIpc) is 3.17. The highest BCUT2D eigenvalue weighted by atomic mass is 15.4. The van der Waals surface area contributed by atoms with Gasteiger partial charge in [-0.1, -0.05) is 6.92 Å². The smallest absolute Gasteiger partial charge is 0.257 e. The molecule has 0 aliphatic heterocycles. The van der Waals surface area contributed by atoms with Gasteiger partial charge in [-0.2, -0.15) is 20.1 Å². The third kappa shape index (κ3) is 3.12. The lowest BCUT2D eigenvalue weighted by atomic mass is 10.4. The summed E-state index contributed by atoms with van der Waals surface area (Å²) in [5.41, 5.74) is 0. The van der Waals surface area contributed by atoms with E-state index < -0.39 is 0 Å². The lowest BCUT2D eigenvalue weighted by Gasteiger charge is -2.22. The van der Waals surface area contributed by atoms with E-state index in [9.17, 15) is 0 Å². The van der Waals surface area contributed by atoms with Gasteiger partial charge in [0.25, 0.3) is 5.95 Å². The highest BCUT2D eigenvalue weighted by molar-refractivity contribution is 5.42. The van der Waals surface area contributed by atoms with E-state index in [4.69, 9.17) is 0 Å². The first-order valence-electron chi connectivity index (χ1n) is 7.58. The molecule has 0 spiro atoms. The molecule has 1 fully saturated rings. The minimum absolute atomic E-state index is 0.558. The van der Waals surface area contributed by atoms with Crippen molar-refractivity contribution in [1.82, 2.24) is 24.7 Å². The molecule has 0 amide bonds. The summed E-state index contributed by atoms with van der Waals surface area (Å²) >= 11 is 0. The van der Waals surface area contributed by atoms with Crippen molar-refractivity contribution in [2.75, 3.05) is 23.3 Å². The van der Waals surface area contributed by atoms with E-state index in [-0.39, 0.29) is 0 Å². The van der Waals surface area contributed by atoms with Gasteiger partial charge in [-0.15, -0.1) is 0 Å². The molecule has 0 saturated heterocycles. The molecule has 0 radical (unpaired) electrons. The molecule has 21 heavy (non-hydrogen) atoms. The summed E-state index contributed by atoms with van der Waals surface area (Å²) in [6, 6.07) is 2.44. The summed E-state index contributed by atoms with van der Waals surface area (Å²) in [6.45, 7) is 5.95. The summed E-state index contributed by atoms with van der Waals surface area (Å²) in [7, 11) is 0. The van der Waals surface area contributed by atoms with Crippen LogP contribution in [0.1, 0.15) is 33.1 Å². The fourth-order valence-corrected chi connectivity index (χ4v) is 2.28. The molecular weight excluding hydrogens is 266 g/mol. The van der Waals surface area contributed by atoms with Gasteiger partial charge in [0.2, 0.25) is 11.9 Å². The largest absolute Gasteiger partial charge is 0.354 e. The van der Waals surface area contributed by atoms with E-state index >= 15 is 0 Å². The molecule has 0 bridgehead atoms. The quantitative estimate of drug-likeness (QED) is 0.838. The normalized spacial score (nSPS) is 14.2. The predicted molar refractivity (Wildman–Crippen MR) is 81.8 cm³/mol. The number of hydrogen-bond donors (Lipinski definition) is 1. The lowest BCUT2D eigenvalue weighted by molar-refractivity contribution is 0.715. The van der Waals surface area contributed by atoms with Gasteiger partial charge in [-0.3, -0.25) is 0 Å². The maximum Gasteiger partial charge on any atom is 0.257 e. The van der Waals surface area contributed by atoms with E-state index in [0.717, 1.165) is 25.5 Å². The molecule has 1 N–H and O–H groups in total. The van der Waals surface area contributed by atoms with E-state index in [2.05, 4.69) is 37.2 Å². The Bertz CT molecular complexity index is 577. The van der Waals surface area contributed by atoms with Crippen LogP contribution in [0.15, 0.2) is 18.5 Å². The zero-order valence-electron chi connectivity index (χ0n) is 12.5. The Morgan fingerprint density at radius 2 is 2.14 bits per heavy atom. The van der Waals surface area contributed by atoms with Gasteiger partial charge in [0.05, 0.1) is 0 Å². The van der Waals surface area contributed by atoms with Crippen LogP contribution >= 0.6 is 0 Å². The van der Waals surface area contributed by atoms with Crippen molar-refractivity contribution in [3.63, 3.8) is 0 Å². The molecule has 7 nitrogen and oxygen atoms in total. The number of nitrogens with one attached hydrogen (secondary N) is 1. The summed E-state index contributed by atoms with van der Waals surface area (Å²) in [5.74, 6) is 1.91. The van der Waals surface area contributed by atoms with Gasteiger partial charge < -0.3 is 10.2 Å². The summed E-state index contributed by atoms with van der Waals surface area (Å²) in [6.07, 6.45) is 7.09. The van der Waals surface area contributed by atoms with E-state index in [1.165, 1.54) is 12.8 Å². The van der Waals surface area contributed by atoms with Crippen molar-refractivity contribution in [2.45, 2.75) is 39.2 Å². The lowest BCUT2D eigenvalue weighted by Crippen LogP contribution is -2.29. The van der Waals surface area contributed by atoms with Crippen molar-refractivity contribution < 1.29 is 0 Å². The first-order valence-corrected chi connectivity index (χ1v) is 7.58. The standard InChI is InChI=1S/C14H21N7/c1-3-9-20(11-6-7-11)13-17-12(15-4-2)18-14(19-13)21-10-5-8-16-21/h5,8,10-11H,3-4,6-7,9H2,1-2H3,(H,15,17,18,19). The summed E-state index contributed by atoms with van der Waals surface area (Å²) < 4.78 is 1.67. The molecular formula is C14H21N7. The molecule has 7 heteroatoms. The van der Waals surface area contributed by atoms with Gasteiger partial charge in [0.1, 0.15) is 0 Å². The Labute approximate surface area is 124 Å². The van der Waals surface area contributed by atoms with Crippen LogP contribution in [0.5, 0.6) is 0 Å². The second-order valence-corrected chi connectivity index (χ2v) is 5.16. The Balaban J connectivity index is 1.97. The second kappa shape index (κ2) is 6.07. The first-order chi connectivity index (χ1) is 10.3. The molecule has 0 unspecified atom stereocenters. The summed E-state index contributed by atoms with van der Waals surface area (Å²) in [4.78, 5) is 15.9. The van der Waals surface area contributed by atoms with Gasteiger partial charge in [-0.05, 0) is 32.3 Å². The predicted octanol–water partition coefficient (Wildman–Crippen LogP) is 1.87. The minimum atomic E-state index is 0.558. The van der Waals surface area contributed by atoms with Crippen LogP contribution in [-0.2, 0) is 0 Å². The van der Waals surface area contributed by atoms with Crippen molar-refractivity contribution in [3.05, 3.63) is 18.5 Å². The van der Waals surface area contributed by atoms with Crippen molar-refractivity contribution in [2.24, 2.45) is 0 Å². The van der Waals surface area contributed by atoms with Crippen LogP contribution in [0.2, 0.25) is 0 Å². The average molecular weight is 287 g/mol. The molecule has 3 rings (SSSR count). The number of hydrogen-bond acceptors (Lipinski definition) is 6. The first kappa shape index (κ1) is 13.8. The highest BCUT2D eigenvalue weighted by Gasteiger charge is 2.31. The molecule has 2 aromatic rings. The van der Waals surface area contributed by atoms with Crippen molar-refractivity contribution in [1.29, 1.82) is 0 Å². The third-order valence-electron chi connectivity index (χ3n) is 3.37. The molecule has 2 aromatic heterocycles. The van der Waals surface area contributed by atoms with E-state index in [0.29, 0.717) is 17.9 Å². The van der Waals surface area contributed by atoms with Gasteiger partial charge in [0.15, 0.2) is 0 Å². The zero-order chi connectivity index (χ0) is 14.7. The Kier molecular flexibility index (Phi) is 3.98. The van der Waals surface area contributed by atoms with Crippen molar-refractivity contribution >= 4 is 11.9 Å². The zero-order valence-corrected chi connectivity index (χ0v) is 12.5. The number of anilines is 2. The Morgan fingerprint density at radius 3 is 2.76 bits per heavy atom. The fourth-order valence-electron chi connectivity index (χ4n) is 2.28. The molecule has 0 aromatic carbocycles. The van der Waals surface area contributed by atoms with Gasteiger partial charge in [-0.25, -0.2) is 4.68 Å². The molecule has 2 heterocycles. The maximum absolute atomic E-state index is 4.60. The number of nitrogens with zero attached hydrogens (tertiary/aromatic N) is 6. The van der Waals surface area contributed by atoms with E-state index in [1.807, 2.05) is 19.2 Å². The minimum Gasteiger partial charge on any atom is -0.354 e. The molecule has 112 valence electrons. The molecule has 0 atom stereocenters. The van der Waals surface area contributed by atoms with Crippen LogP contribution in [0.3, 0.4) is 0 Å². The van der Waals surface area contributed by atoms with Crippen LogP contribution in [0, 0.1) is 0 Å². The van der Waals surface area contributed by atoms with E-state index in [1.54, 1.807) is 10.9 Å². The van der Waals surface area contributed by atoms with Crippen LogP contribution < -0.4 is 10.2 Å². The molecule has 1 aliphatic carbocycles. The van der Waals surface area contributed by atoms with Gasteiger partial charge >= 0.3 is 0 Å². The Morgan fingerprint density at radius 1 is 1.29 bits per heavy atom. The third-order valence-corrected chi connectivity index (χ3v) is 3.37. The molecule has 1 aliphatic rings. The topological polar surface area (TPSA) is 71.8 Å². The fraction of sp³-hybridized carbons (Fsp3) is 0.571. The van der Waals surface area contributed by atoms with Crippen molar-refractivity contribution in [3.8, 4) is 5.95 Å². The number of aromatic nitrogens is 5. The summed E-state index contributed by atoms with van der Waals surface area (Å²) in [5, 5.41) is 7.39. The molecule has 1 saturated carbocycles. The van der Waals surface area contributed by atoms with Gasteiger partial charge in [0, 0.05) is 31.5 Å². The Hall–Kier alpha value is -2.18. The number of rotatable bonds is 7. The second-order valence-electron chi connectivity index (χ2n) is 5.16. The van der Waals surface area contributed by atoms with Crippen LogP contribution in [0.4, 0.5) is 11.9 Å².